The molecule has 1 rings (SSSR count). The van der Waals surface area contributed by atoms with Gasteiger partial charge in [0.25, 0.3) is 0 Å². The summed E-state index contributed by atoms with van der Waals surface area (Å²) in [5, 5.41) is 0. The summed E-state index contributed by atoms with van der Waals surface area (Å²) in [4.78, 5) is 2.93. The Balaban J connectivity index is 0. The Morgan fingerprint density at radius 1 is 0.833 bits per heavy atom. The zero-order valence-corrected chi connectivity index (χ0v) is 18.2. The Bertz CT molecular complexity index is 224. The Kier molecular flexibility index (Phi) is 21.0. The second-order valence-electron chi connectivity index (χ2n) is 6.87. The van der Waals surface area contributed by atoms with Crippen molar-refractivity contribution in [2.24, 2.45) is 11.7 Å². The molecule has 2 nitrogen and oxygen atoms in total. The minimum Gasteiger partial charge on any atom is -0.333 e. The van der Waals surface area contributed by atoms with Crippen LogP contribution in [0.3, 0.4) is 0 Å². The molecule has 0 aliphatic carbocycles. The number of hydrogen-bond donors (Lipinski definition) is 1. The summed E-state index contributed by atoms with van der Waals surface area (Å²) in [7, 11) is 1.50. The lowest BCUT2D eigenvalue weighted by molar-refractivity contribution is 0.110. The van der Waals surface area contributed by atoms with Crippen molar-refractivity contribution in [3.8, 4) is 0 Å². The van der Waals surface area contributed by atoms with Crippen molar-refractivity contribution in [1.82, 2.24) is 4.90 Å². The molecule has 1 aliphatic heterocycles. The van der Waals surface area contributed by atoms with Crippen LogP contribution in [-0.4, -0.2) is 30.6 Å². The Labute approximate surface area is 155 Å². The highest BCUT2D eigenvalue weighted by Gasteiger charge is 2.34. The normalized spacial score (nSPS) is 18.6. The maximum Gasteiger partial charge on any atom is 0.0127 e. The third-order valence-electron chi connectivity index (χ3n) is 5.19. The molecule has 0 aromatic heterocycles. The first kappa shape index (κ1) is 26.2. The van der Waals surface area contributed by atoms with E-state index in [-0.39, 0.29) is 0 Å². The molecule has 0 spiro atoms. The first-order valence-electron chi connectivity index (χ1n) is 11.1. The van der Waals surface area contributed by atoms with Crippen LogP contribution in [-0.2, 0) is 0 Å². The monoisotopic (exact) mass is 342 g/mol. The number of likely N-dealkylation sites (tertiary alicyclic amines) is 1. The van der Waals surface area contributed by atoms with Crippen LogP contribution >= 0.6 is 0 Å². The molecule has 2 N–H and O–H groups in total. The zero-order chi connectivity index (χ0) is 18.8. The molecular weight excluding hydrogens is 292 g/mol. The van der Waals surface area contributed by atoms with Gasteiger partial charge in [0.1, 0.15) is 0 Å². The van der Waals surface area contributed by atoms with E-state index in [0.717, 1.165) is 18.0 Å². The molecule has 24 heavy (non-hydrogen) atoms. The van der Waals surface area contributed by atoms with E-state index < -0.39 is 0 Å². The van der Waals surface area contributed by atoms with Crippen LogP contribution in [0.1, 0.15) is 112 Å². The first-order chi connectivity index (χ1) is 11.8. The van der Waals surface area contributed by atoms with Crippen LogP contribution in [0.25, 0.3) is 0 Å². The van der Waals surface area contributed by atoms with Gasteiger partial charge in [-0.3, -0.25) is 4.90 Å². The quantitative estimate of drug-likeness (QED) is 0.456. The van der Waals surface area contributed by atoms with E-state index in [2.05, 4.69) is 38.3 Å². The van der Waals surface area contributed by atoms with Crippen molar-refractivity contribution in [2.45, 2.75) is 124 Å². The van der Waals surface area contributed by atoms with E-state index in [4.69, 9.17) is 0 Å². The standard InChI is InChI=1S/C19H39N.C2H6.CH5N/c1-5-9-14-17(11-6-2)19-15-10-16-20(19)18(12-7-3)13-8-4;2*1-2/h17-19H,5-16H2,1-4H3;1-2H3;2H2,1H3. The molecule has 2 atom stereocenters. The van der Waals surface area contributed by atoms with Gasteiger partial charge in [-0.25, -0.2) is 0 Å². The highest BCUT2D eigenvalue weighted by Crippen LogP contribution is 2.33. The molecule has 1 saturated heterocycles. The maximum atomic E-state index is 4.50. The van der Waals surface area contributed by atoms with E-state index in [1.54, 1.807) is 0 Å². The summed E-state index contributed by atoms with van der Waals surface area (Å²) in [6, 6.07) is 1.78. The zero-order valence-electron chi connectivity index (χ0n) is 18.2. The van der Waals surface area contributed by atoms with Crippen molar-refractivity contribution in [3.63, 3.8) is 0 Å². The molecule has 0 aromatic rings. The fraction of sp³-hybridized carbons (Fsp3) is 1.00. The second kappa shape index (κ2) is 19.2. The highest BCUT2D eigenvalue weighted by molar-refractivity contribution is 4.89. The van der Waals surface area contributed by atoms with Crippen molar-refractivity contribution < 1.29 is 0 Å². The fourth-order valence-corrected chi connectivity index (χ4v) is 4.28. The summed E-state index contributed by atoms with van der Waals surface area (Å²) in [6.45, 7) is 14.8. The van der Waals surface area contributed by atoms with Crippen molar-refractivity contribution in [3.05, 3.63) is 0 Å². The van der Waals surface area contributed by atoms with Gasteiger partial charge < -0.3 is 5.73 Å². The van der Waals surface area contributed by atoms with Crippen LogP contribution in [0.2, 0.25) is 0 Å². The third-order valence-corrected chi connectivity index (χ3v) is 5.19. The molecule has 0 radical (unpaired) electrons. The van der Waals surface area contributed by atoms with Crippen LogP contribution in [0, 0.1) is 5.92 Å². The summed E-state index contributed by atoms with van der Waals surface area (Å²) in [5.74, 6) is 0.971. The number of nitrogens with zero attached hydrogens (tertiary/aromatic N) is 1. The number of nitrogens with two attached hydrogens (primary N) is 1. The Morgan fingerprint density at radius 3 is 1.83 bits per heavy atom. The molecule has 0 amide bonds. The molecular formula is C22H50N2. The molecule has 1 aliphatic rings. The molecule has 2 unspecified atom stereocenters. The van der Waals surface area contributed by atoms with E-state index in [1.807, 2.05) is 13.8 Å². The Morgan fingerprint density at radius 2 is 1.38 bits per heavy atom. The fourth-order valence-electron chi connectivity index (χ4n) is 4.28. The predicted molar refractivity (Wildman–Crippen MR) is 113 cm³/mol. The van der Waals surface area contributed by atoms with Crippen molar-refractivity contribution >= 4 is 0 Å². The lowest BCUT2D eigenvalue weighted by atomic mass is 9.87. The lowest BCUT2D eigenvalue weighted by Gasteiger charge is -2.37. The van der Waals surface area contributed by atoms with Crippen LogP contribution in [0.5, 0.6) is 0 Å². The van der Waals surface area contributed by atoms with E-state index in [0.29, 0.717) is 0 Å². The number of hydrogen-bond acceptors (Lipinski definition) is 2. The molecule has 2 heteroatoms. The van der Waals surface area contributed by atoms with Gasteiger partial charge in [-0.15, -0.1) is 0 Å². The average molecular weight is 343 g/mol. The van der Waals surface area contributed by atoms with Gasteiger partial charge >= 0.3 is 0 Å². The van der Waals surface area contributed by atoms with Gasteiger partial charge in [0, 0.05) is 12.1 Å². The smallest absolute Gasteiger partial charge is 0.0127 e. The van der Waals surface area contributed by atoms with Gasteiger partial charge in [-0.1, -0.05) is 73.6 Å². The van der Waals surface area contributed by atoms with E-state index in [1.165, 1.54) is 84.2 Å². The third kappa shape index (κ3) is 10.0. The van der Waals surface area contributed by atoms with E-state index in [9.17, 15) is 0 Å². The minimum absolute atomic E-state index is 0.874. The van der Waals surface area contributed by atoms with Gasteiger partial charge in [-0.05, 0) is 58.0 Å². The van der Waals surface area contributed by atoms with Crippen LogP contribution < -0.4 is 5.73 Å². The van der Waals surface area contributed by atoms with E-state index >= 15 is 0 Å². The number of unbranched alkanes of at least 4 members (excludes halogenated alkanes) is 1. The minimum atomic E-state index is 0.874. The SMILES string of the molecule is CC.CCCCC(CCC)C1CCCN1C(CCC)CCC.CN. The van der Waals surface area contributed by atoms with Crippen molar-refractivity contribution in [2.75, 3.05) is 13.6 Å². The van der Waals surface area contributed by atoms with Gasteiger partial charge in [0.2, 0.25) is 0 Å². The van der Waals surface area contributed by atoms with Crippen molar-refractivity contribution in [1.29, 1.82) is 0 Å². The topological polar surface area (TPSA) is 29.3 Å². The second-order valence-corrected chi connectivity index (χ2v) is 6.87. The average Bonchev–Trinajstić information content (AvgIpc) is 3.11. The molecule has 1 fully saturated rings. The Hall–Kier alpha value is -0.0800. The molecule has 0 saturated carbocycles. The van der Waals surface area contributed by atoms with Gasteiger partial charge in [0.15, 0.2) is 0 Å². The molecule has 0 aromatic carbocycles. The van der Waals surface area contributed by atoms with Gasteiger partial charge in [-0.2, -0.15) is 0 Å². The largest absolute Gasteiger partial charge is 0.333 e. The lowest BCUT2D eigenvalue weighted by Crippen LogP contribution is -2.43. The summed E-state index contributed by atoms with van der Waals surface area (Å²) in [5.41, 5.74) is 4.50. The first-order valence-corrected chi connectivity index (χ1v) is 11.1. The summed E-state index contributed by atoms with van der Waals surface area (Å²) >= 11 is 0. The summed E-state index contributed by atoms with van der Waals surface area (Å²) < 4.78 is 0. The molecule has 0 bridgehead atoms. The van der Waals surface area contributed by atoms with Crippen LogP contribution in [0.15, 0.2) is 0 Å². The predicted octanol–water partition coefficient (Wildman–Crippen LogP) is 6.63. The van der Waals surface area contributed by atoms with Crippen LogP contribution in [0.4, 0.5) is 0 Å². The van der Waals surface area contributed by atoms with Gasteiger partial charge in [0.05, 0.1) is 0 Å². The highest BCUT2D eigenvalue weighted by atomic mass is 15.2. The summed E-state index contributed by atoms with van der Waals surface area (Å²) in [6.07, 6.45) is 15.5. The molecule has 1 heterocycles. The maximum absolute atomic E-state index is 4.50. The number of rotatable bonds is 11. The molecule has 148 valence electrons.